The Bertz CT molecular complexity index is 968. The van der Waals surface area contributed by atoms with E-state index < -0.39 is 0 Å². The Morgan fingerprint density at radius 3 is 2.45 bits per heavy atom. The number of imide groups is 1. The predicted octanol–water partition coefficient (Wildman–Crippen LogP) is 4.13. The van der Waals surface area contributed by atoms with Gasteiger partial charge in [0.25, 0.3) is 11.1 Å². The molecule has 1 saturated heterocycles. The maximum Gasteiger partial charge on any atom is 0.293 e. The number of hydrogen-bond acceptors (Lipinski definition) is 5. The molecule has 0 radical (unpaired) electrons. The number of carbonyl (C=O) groups excluding carboxylic acids is 3. The molecule has 3 rings (SSSR count). The summed E-state index contributed by atoms with van der Waals surface area (Å²) in [5.74, 6) is -0.595. The van der Waals surface area contributed by atoms with Crippen molar-refractivity contribution in [3.63, 3.8) is 0 Å². The normalized spacial score (nSPS) is 15.1. The van der Waals surface area contributed by atoms with Crippen LogP contribution in [0, 0.1) is 6.92 Å². The molecule has 0 atom stereocenters. The minimum absolute atomic E-state index is 0.0528. The zero-order chi connectivity index (χ0) is 21.0. The highest BCUT2D eigenvalue weighted by Gasteiger charge is 2.35. The molecule has 0 spiro atoms. The van der Waals surface area contributed by atoms with Gasteiger partial charge in [0.2, 0.25) is 5.91 Å². The van der Waals surface area contributed by atoms with Crippen molar-refractivity contribution < 1.29 is 14.4 Å². The lowest BCUT2D eigenvalue weighted by molar-refractivity contribution is -0.123. The van der Waals surface area contributed by atoms with E-state index in [0.29, 0.717) is 4.91 Å². The summed E-state index contributed by atoms with van der Waals surface area (Å²) in [6, 6.07) is 15.2. The Hall–Kier alpha value is -3.06. The third-order valence-corrected chi connectivity index (χ3v) is 5.47. The first-order chi connectivity index (χ1) is 13.8. The van der Waals surface area contributed by atoms with Crippen molar-refractivity contribution in [3.05, 3.63) is 64.6 Å². The second-order valence-corrected chi connectivity index (χ2v) is 7.93. The molecule has 29 heavy (non-hydrogen) atoms. The molecule has 0 saturated carbocycles. The smallest absolute Gasteiger partial charge is 0.293 e. The van der Waals surface area contributed by atoms with E-state index in [0.717, 1.165) is 39.2 Å². The van der Waals surface area contributed by atoms with Gasteiger partial charge in [-0.3, -0.25) is 19.3 Å². The fraction of sp³-hybridized carbons (Fsp3) is 0.227. The highest BCUT2D eigenvalue weighted by Crippen LogP contribution is 2.32. The van der Waals surface area contributed by atoms with E-state index in [1.807, 2.05) is 74.4 Å². The molecular formula is C22H23N3O3S. The van der Waals surface area contributed by atoms with Crippen LogP contribution in [0.25, 0.3) is 6.08 Å². The molecule has 0 aliphatic carbocycles. The molecule has 2 aromatic carbocycles. The summed E-state index contributed by atoms with van der Waals surface area (Å²) >= 11 is 0.902. The average molecular weight is 410 g/mol. The number of thioether (sulfide) groups is 1. The zero-order valence-corrected chi connectivity index (χ0v) is 17.5. The Labute approximate surface area is 174 Å². The van der Waals surface area contributed by atoms with Gasteiger partial charge in [-0.25, -0.2) is 0 Å². The maximum absolute atomic E-state index is 12.6. The summed E-state index contributed by atoms with van der Waals surface area (Å²) in [6.45, 7) is 1.96. The third-order valence-electron chi connectivity index (χ3n) is 4.56. The SMILES string of the molecule is Cc1ccccc1NC(=O)CCN1C(=O)SC(=Cc2ccc(N(C)C)cc2)C1=O. The topological polar surface area (TPSA) is 69.7 Å². The van der Waals surface area contributed by atoms with Crippen molar-refractivity contribution in [1.29, 1.82) is 0 Å². The van der Waals surface area contributed by atoms with Crippen LogP contribution in [0.4, 0.5) is 16.2 Å². The lowest BCUT2D eigenvalue weighted by Gasteiger charge is -2.13. The van der Waals surface area contributed by atoms with Crippen LogP contribution in [0.1, 0.15) is 17.5 Å². The molecular weight excluding hydrogens is 386 g/mol. The molecule has 1 aliphatic rings. The van der Waals surface area contributed by atoms with E-state index in [2.05, 4.69) is 5.32 Å². The lowest BCUT2D eigenvalue weighted by atomic mass is 10.2. The third kappa shape index (κ3) is 5.06. The second kappa shape index (κ2) is 8.96. The maximum atomic E-state index is 12.6. The van der Waals surface area contributed by atoms with E-state index in [4.69, 9.17) is 0 Å². The fourth-order valence-electron chi connectivity index (χ4n) is 2.85. The number of anilines is 2. The van der Waals surface area contributed by atoms with Crippen LogP contribution in [0.5, 0.6) is 0 Å². The quantitative estimate of drug-likeness (QED) is 0.727. The number of carbonyl (C=O) groups is 3. The number of rotatable bonds is 6. The molecule has 1 heterocycles. The van der Waals surface area contributed by atoms with Crippen molar-refractivity contribution in [1.82, 2.24) is 4.90 Å². The molecule has 1 N–H and O–H groups in total. The largest absolute Gasteiger partial charge is 0.378 e. The van der Waals surface area contributed by atoms with Crippen molar-refractivity contribution >= 4 is 46.3 Å². The number of aryl methyl sites for hydroxylation is 1. The molecule has 150 valence electrons. The van der Waals surface area contributed by atoms with E-state index in [1.54, 1.807) is 6.08 Å². The zero-order valence-electron chi connectivity index (χ0n) is 16.6. The molecule has 0 bridgehead atoms. The summed E-state index contributed by atoms with van der Waals surface area (Å²) < 4.78 is 0. The lowest BCUT2D eigenvalue weighted by Crippen LogP contribution is -2.31. The molecule has 0 aromatic heterocycles. The van der Waals surface area contributed by atoms with Crippen molar-refractivity contribution in [3.8, 4) is 0 Å². The molecule has 7 heteroatoms. The molecule has 6 nitrogen and oxygen atoms in total. The van der Waals surface area contributed by atoms with Gasteiger partial charge in [0.1, 0.15) is 0 Å². The van der Waals surface area contributed by atoms with Crippen LogP contribution in [0.2, 0.25) is 0 Å². The van der Waals surface area contributed by atoms with Gasteiger partial charge >= 0.3 is 0 Å². The molecule has 0 unspecified atom stereocenters. The van der Waals surface area contributed by atoms with Gasteiger partial charge in [-0.05, 0) is 54.1 Å². The average Bonchev–Trinajstić information content (AvgIpc) is 2.95. The molecule has 2 aromatic rings. The van der Waals surface area contributed by atoms with Gasteiger partial charge in [0, 0.05) is 38.4 Å². The second-order valence-electron chi connectivity index (χ2n) is 6.93. The Balaban J connectivity index is 1.61. The number of para-hydroxylation sites is 1. The minimum Gasteiger partial charge on any atom is -0.378 e. The van der Waals surface area contributed by atoms with E-state index in [9.17, 15) is 14.4 Å². The summed E-state index contributed by atoms with van der Waals surface area (Å²) in [7, 11) is 3.91. The standard InChI is InChI=1S/C22H23N3O3S/c1-15-6-4-5-7-18(15)23-20(26)12-13-25-21(27)19(29-22(25)28)14-16-8-10-17(11-9-16)24(2)3/h4-11,14H,12-13H2,1-3H3,(H,23,26). The van der Waals surface area contributed by atoms with Crippen LogP contribution in [0.15, 0.2) is 53.4 Å². The highest BCUT2D eigenvalue weighted by molar-refractivity contribution is 8.18. The number of hydrogen-bond donors (Lipinski definition) is 1. The van der Waals surface area contributed by atoms with Crippen molar-refractivity contribution in [2.45, 2.75) is 13.3 Å². The van der Waals surface area contributed by atoms with Gasteiger partial charge in [-0.1, -0.05) is 30.3 Å². The van der Waals surface area contributed by atoms with Crippen LogP contribution in [-0.2, 0) is 9.59 Å². The van der Waals surface area contributed by atoms with Crippen LogP contribution in [-0.4, -0.2) is 42.6 Å². The van der Waals surface area contributed by atoms with E-state index >= 15 is 0 Å². The summed E-state index contributed by atoms with van der Waals surface area (Å²) in [5, 5.41) is 2.46. The van der Waals surface area contributed by atoms with Crippen LogP contribution in [0.3, 0.4) is 0 Å². The van der Waals surface area contributed by atoms with E-state index in [-0.39, 0.29) is 30.0 Å². The first-order valence-electron chi connectivity index (χ1n) is 9.23. The number of benzene rings is 2. The molecule has 1 fully saturated rings. The van der Waals surface area contributed by atoms with Crippen molar-refractivity contribution in [2.75, 3.05) is 30.9 Å². The van der Waals surface area contributed by atoms with E-state index in [1.165, 1.54) is 0 Å². The van der Waals surface area contributed by atoms with Crippen LogP contribution < -0.4 is 10.2 Å². The summed E-state index contributed by atoms with van der Waals surface area (Å²) in [6.07, 6.45) is 1.76. The predicted molar refractivity (Wildman–Crippen MR) is 118 cm³/mol. The number of nitrogens with zero attached hydrogens (tertiary/aromatic N) is 2. The first-order valence-corrected chi connectivity index (χ1v) is 10.0. The van der Waals surface area contributed by atoms with Gasteiger partial charge in [0.15, 0.2) is 0 Å². The Morgan fingerprint density at radius 2 is 1.79 bits per heavy atom. The minimum atomic E-state index is -0.361. The summed E-state index contributed by atoms with van der Waals surface area (Å²) in [5.41, 5.74) is 3.58. The molecule has 1 aliphatic heterocycles. The van der Waals surface area contributed by atoms with Gasteiger partial charge in [0.05, 0.1) is 4.91 Å². The van der Waals surface area contributed by atoms with Gasteiger partial charge < -0.3 is 10.2 Å². The highest BCUT2D eigenvalue weighted by atomic mass is 32.2. The first kappa shape index (κ1) is 20.7. The summed E-state index contributed by atoms with van der Waals surface area (Å²) in [4.78, 5) is 40.5. The van der Waals surface area contributed by atoms with Gasteiger partial charge in [-0.15, -0.1) is 0 Å². The Morgan fingerprint density at radius 1 is 1.10 bits per heavy atom. The van der Waals surface area contributed by atoms with Gasteiger partial charge in [-0.2, -0.15) is 0 Å². The number of amides is 3. The van der Waals surface area contributed by atoms with Crippen molar-refractivity contribution in [2.24, 2.45) is 0 Å². The Kier molecular flexibility index (Phi) is 6.39. The fourth-order valence-corrected chi connectivity index (χ4v) is 3.72. The number of nitrogens with one attached hydrogen (secondary N) is 1. The molecule has 3 amide bonds. The monoisotopic (exact) mass is 409 g/mol. The van der Waals surface area contributed by atoms with Crippen LogP contribution >= 0.6 is 11.8 Å².